The lowest BCUT2D eigenvalue weighted by atomic mass is 9.83. The minimum atomic E-state index is -1.13. The first-order chi connectivity index (χ1) is 10.5. The maximum Gasteiger partial charge on any atom is 0.167 e. The lowest BCUT2D eigenvalue weighted by molar-refractivity contribution is 0.0894. The van der Waals surface area contributed by atoms with E-state index in [1.807, 2.05) is 0 Å². The number of rotatable bonds is 2. The van der Waals surface area contributed by atoms with Crippen LogP contribution in [0.25, 0.3) is 0 Å². The summed E-state index contributed by atoms with van der Waals surface area (Å²) in [6, 6.07) is 3.34. The van der Waals surface area contributed by atoms with Crippen molar-refractivity contribution in [2.45, 2.75) is 42.6 Å². The fourth-order valence-corrected chi connectivity index (χ4v) is 5.70. The SMILES string of the molecule is N#Cc1cc(F)c(F)cc1C(=O)C1CC2CCCC(C1)S2=O. The minimum absolute atomic E-state index is 0.0114. The number of benzene rings is 1. The highest BCUT2D eigenvalue weighted by molar-refractivity contribution is 7.86. The number of halogens is 2. The Balaban J connectivity index is 1.91. The first kappa shape index (κ1) is 15.3. The van der Waals surface area contributed by atoms with Crippen LogP contribution in [-0.2, 0) is 10.8 Å². The molecule has 0 N–H and O–H groups in total. The first-order valence-corrected chi connectivity index (χ1v) is 8.61. The Morgan fingerprint density at radius 1 is 1.18 bits per heavy atom. The lowest BCUT2D eigenvalue weighted by Crippen LogP contribution is -2.41. The van der Waals surface area contributed by atoms with E-state index < -0.39 is 22.4 Å². The molecular formula is C16H15F2NO2S. The molecule has 0 aromatic heterocycles. The second-order valence-electron chi connectivity index (χ2n) is 5.96. The van der Waals surface area contributed by atoms with E-state index in [1.165, 1.54) is 0 Å². The molecule has 2 bridgehead atoms. The maximum absolute atomic E-state index is 13.4. The Morgan fingerprint density at radius 2 is 1.77 bits per heavy atom. The molecule has 2 aliphatic rings. The van der Waals surface area contributed by atoms with E-state index in [0.717, 1.165) is 31.4 Å². The van der Waals surface area contributed by atoms with Gasteiger partial charge in [0, 0.05) is 32.8 Å². The number of Topliss-reactive ketones (excluding diaryl/α,β-unsaturated/α-hetero) is 1. The van der Waals surface area contributed by atoms with Gasteiger partial charge in [0.1, 0.15) is 0 Å². The Bertz CT molecular complexity index is 682. The highest BCUT2D eigenvalue weighted by Gasteiger charge is 2.41. The number of hydrogen-bond donors (Lipinski definition) is 0. The summed E-state index contributed by atoms with van der Waals surface area (Å²) in [5.41, 5.74) is -0.196. The van der Waals surface area contributed by atoms with Crippen molar-refractivity contribution in [3.8, 4) is 6.07 Å². The van der Waals surface area contributed by atoms with Gasteiger partial charge in [0.15, 0.2) is 17.4 Å². The highest BCUT2D eigenvalue weighted by Crippen LogP contribution is 2.38. The van der Waals surface area contributed by atoms with Gasteiger partial charge >= 0.3 is 0 Å². The molecule has 2 atom stereocenters. The molecule has 0 spiro atoms. The number of ketones is 1. The van der Waals surface area contributed by atoms with Crippen LogP contribution >= 0.6 is 0 Å². The van der Waals surface area contributed by atoms with Crippen LogP contribution in [-0.4, -0.2) is 20.5 Å². The van der Waals surface area contributed by atoms with Crippen molar-refractivity contribution in [3.63, 3.8) is 0 Å². The smallest absolute Gasteiger partial charge is 0.167 e. The Kier molecular flexibility index (Phi) is 4.09. The van der Waals surface area contributed by atoms with Gasteiger partial charge in [0.2, 0.25) is 0 Å². The zero-order chi connectivity index (χ0) is 15.9. The predicted octanol–water partition coefficient (Wildman–Crippen LogP) is 3.10. The van der Waals surface area contributed by atoms with Crippen LogP contribution in [0.4, 0.5) is 8.78 Å². The Morgan fingerprint density at radius 3 is 2.36 bits per heavy atom. The first-order valence-electron chi connectivity index (χ1n) is 7.34. The summed E-state index contributed by atoms with van der Waals surface area (Å²) >= 11 is 0. The van der Waals surface area contributed by atoms with Crippen LogP contribution in [0.2, 0.25) is 0 Å². The molecule has 0 aliphatic carbocycles. The molecule has 1 aromatic rings. The second kappa shape index (κ2) is 5.88. The summed E-state index contributed by atoms with van der Waals surface area (Å²) in [5.74, 6) is -2.94. The number of fused-ring (bicyclic) bond motifs is 2. The van der Waals surface area contributed by atoms with E-state index >= 15 is 0 Å². The van der Waals surface area contributed by atoms with Gasteiger partial charge in [0.25, 0.3) is 0 Å². The van der Waals surface area contributed by atoms with Gasteiger partial charge in [-0.25, -0.2) is 8.78 Å². The normalized spacial score (nSPS) is 30.6. The molecule has 116 valence electrons. The standard InChI is InChI=1S/C16H15F2NO2S/c17-14-6-10(8-19)13(7-15(14)18)16(20)9-4-11-2-1-3-12(5-9)22(11)21/h6-7,9,11-12H,1-5H2. The van der Waals surface area contributed by atoms with Crippen molar-refractivity contribution in [1.82, 2.24) is 0 Å². The van der Waals surface area contributed by atoms with Gasteiger partial charge in [-0.2, -0.15) is 5.26 Å². The van der Waals surface area contributed by atoms with Crippen LogP contribution in [0.5, 0.6) is 0 Å². The quantitative estimate of drug-likeness (QED) is 0.786. The third-order valence-corrected chi connectivity index (χ3v) is 6.79. The minimum Gasteiger partial charge on any atom is -0.294 e. The summed E-state index contributed by atoms with van der Waals surface area (Å²) in [6.45, 7) is 0. The van der Waals surface area contributed by atoms with Crippen LogP contribution in [0.3, 0.4) is 0 Å². The summed E-state index contributed by atoms with van der Waals surface area (Å²) in [6.07, 6.45) is 3.72. The molecule has 0 amide bonds. The average Bonchev–Trinajstić information content (AvgIpc) is 2.48. The largest absolute Gasteiger partial charge is 0.294 e. The molecule has 0 radical (unpaired) electrons. The van der Waals surface area contributed by atoms with Gasteiger partial charge in [-0.3, -0.25) is 9.00 Å². The zero-order valence-electron chi connectivity index (χ0n) is 11.9. The number of carbonyl (C=O) groups excluding carboxylic acids is 1. The van der Waals surface area contributed by atoms with Gasteiger partial charge in [-0.1, -0.05) is 6.42 Å². The second-order valence-corrected chi connectivity index (χ2v) is 7.95. The van der Waals surface area contributed by atoms with E-state index in [2.05, 4.69) is 0 Å². The van der Waals surface area contributed by atoms with Crippen LogP contribution in [0, 0.1) is 28.9 Å². The molecule has 1 aromatic carbocycles. The van der Waals surface area contributed by atoms with Crippen molar-refractivity contribution in [3.05, 3.63) is 34.9 Å². The monoisotopic (exact) mass is 323 g/mol. The molecule has 3 rings (SSSR count). The van der Waals surface area contributed by atoms with E-state index in [1.54, 1.807) is 6.07 Å². The van der Waals surface area contributed by atoms with Gasteiger partial charge in [-0.15, -0.1) is 0 Å². The molecule has 2 aliphatic heterocycles. The molecule has 2 fully saturated rings. The van der Waals surface area contributed by atoms with E-state index in [0.29, 0.717) is 12.8 Å². The summed E-state index contributed by atoms with van der Waals surface area (Å²) in [4.78, 5) is 12.6. The highest BCUT2D eigenvalue weighted by atomic mass is 32.2. The average molecular weight is 323 g/mol. The van der Waals surface area contributed by atoms with Crippen molar-refractivity contribution >= 4 is 16.6 Å². The molecule has 22 heavy (non-hydrogen) atoms. The van der Waals surface area contributed by atoms with Gasteiger partial charge in [0.05, 0.1) is 11.6 Å². The zero-order valence-corrected chi connectivity index (χ0v) is 12.7. The van der Waals surface area contributed by atoms with Crippen molar-refractivity contribution < 1.29 is 17.8 Å². The predicted molar refractivity (Wildman–Crippen MR) is 77.7 cm³/mol. The molecule has 0 saturated carbocycles. The molecule has 3 nitrogen and oxygen atoms in total. The van der Waals surface area contributed by atoms with E-state index in [-0.39, 0.29) is 33.3 Å². The lowest BCUT2D eigenvalue weighted by Gasteiger charge is -2.37. The number of nitriles is 1. The number of carbonyl (C=O) groups is 1. The molecule has 6 heteroatoms. The van der Waals surface area contributed by atoms with Crippen LogP contribution in [0.1, 0.15) is 48.0 Å². The number of nitrogens with zero attached hydrogens (tertiary/aromatic N) is 1. The van der Waals surface area contributed by atoms with Crippen molar-refractivity contribution in [1.29, 1.82) is 5.26 Å². The molecule has 2 heterocycles. The Hall–Kier alpha value is -1.61. The van der Waals surface area contributed by atoms with Gasteiger partial charge in [-0.05, 0) is 37.8 Å². The maximum atomic E-state index is 13.4. The fraction of sp³-hybridized carbons (Fsp3) is 0.500. The van der Waals surface area contributed by atoms with E-state index in [9.17, 15) is 17.8 Å². The van der Waals surface area contributed by atoms with Crippen molar-refractivity contribution in [2.24, 2.45) is 5.92 Å². The van der Waals surface area contributed by atoms with Crippen molar-refractivity contribution in [2.75, 3.05) is 0 Å². The topological polar surface area (TPSA) is 57.9 Å². The summed E-state index contributed by atoms with van der Waals surface area (Å²) in [5, 5.41) is 9.07. The fourth-order valence-electron chi connectivity index (χ4n) is 3.51. The third-order valence-electron chi connectivity index (χ3n) is 4.62. The molecule has 2 unspecified atom stereocenters. The van der Waals surface area contributed by atoms with Crippen LogP contribution < -0.4 is 0 Å². The molecule has 2 saturated heterocycles. The summed E-state index contributed by atoms with van der Waals surface area (Å²) in [7, 11) is -0.896. The third kappa shape index (κ3) is 2.58. The number of hydrogen-bond acceptors (Lipinski definition) is 3. The molecular weight excluding hydrogens is 308 g/mol. The van der Waals surface area contributed by atoms with E-state index in [4.69, 9.17) is 5.26 Å². The summed E-state index contributed by atoms with van der Waals surface area (Å²) < 4.78 is 38.8. The van der Waals surface area contributed by atoms with Gasteiger partial charge < -0.3 is 0 Å². The van der Waals surface area contributed by atoms with Crippen LogP contribution in [0.15, 0.2) is 12.1 Å². The Labute approximate surface area is 129 Å².